The predicted octanol–water partition coefficient (Wildman–Crippen LogP) is 3.42. The van der Waals surface area contributed by atoms with Crippen molar-refractivity contribution >= 4 is 33.3 Å². The highest BCUT2D eigenvalue weighted by atomic mass is 79.9. The second kappa shape index (κ2) is 7.65. The summed E-state index contributed by atoms with van der Waals surface area (Å²) in [5.74, 6) is 0.845. The van der Waals surface area contributed by atoms with Crippen molar-refractivity contribution in [1.29, 1.82) is 0 Å². The van der Waals surface area contributed by atoms with E-state index in [4.69, 9.17) is 0 Å². The standard InChI is InChI=1S/C15H16BrN3O/c16-8-7-15(20)19-13-5-3-4-12(10-13)11-18-14-6-1-2-9-17-14/h1-6,9-10H,7-8,11H2,(H,17,18)(H,19,20). The predicted molar refractivity (Wildman–Crippen MR) is 85.0 cm³/mol. The van der Waals surface area contributed by atoms with E-state index in [1.165, 1.54) is 0 Å². The molecule has 2 N–H and O–H groups in total. The number of anilines is 2. The maximum atomic E-state index is 11.5. The number of rotatable bonds is 6. The van der Waals surface area contributed by atoms with E-state index >= 15 is 0 Å². The van der Waals surface area contributed by atoms with E-state index < -0.39 is 0 Å². The van der Waals surface area contributed by atoms with Crippen LogP contribution in [-0.4, -0.2) is 16.2 Å². The third kappa shape index (κ3) is 4.66. The normalized spacial score (nSPS) is 10.1. The van der Waals surface area contributed by atoms with Crippen molar-refractivity contribution in [3.63, 3.8) is 0 Å². The fraction of sp³-hybridized carbons (Fsp3) is 0.200. The first-order chi connectivity index (χ1) is 9.78. The van der Waals surface area contributed by atoms with Crippen molar-refractivity contribution in [2.24, 2.45) is 0 Å². The zero-order valence-corrected chi connectivity index (χ0v) is 12.6. The van der Waals surface area contributed by atoms with E-state index in [-0.39, 0.29) is 5.91 Å². The maximum absolute atomic E-state index is 11.5. The zero-order chi connectivity index (χ0) is 14.2. The lowest BCUT2D eigenvalue weighted by molar-refractivity contribution is -0.115. The van der Waals surface area contributed by atoms with Crippen LogP contribution in [0.25, 0.3) is 0 Å². The smallest absolute Gasteiger partial charge is 0.225 e. The number of pyridine rings is 1. The summed E-state index contributed by atoms with van der Waals surface area (Å²) in [4.78, 5) is 15.7. The van der Waals surface area contributed by atoms with Crippen molar-refractivity contribution in [2.75, 3.05) is 16.0 Å². The molecule has 1 heterocycles. The Labute approximate surface area is 126 Å². The van der Waals surface area contributed by atoms with Gasteiger partial charge in [-0.1, -0.05) is 34.1 Å². The minimum atomic E-state index is 0.0108. The van der Waals surface area contributed by atoms with Gasteiger partial charge < -0.3 is 10.6 Å². The molecule has 1 amide bonds. The van der Waals surface area contributed by atoms with Crippen LogP contribution < -0.4 is 10.6 Å². The fourth-order valence-electron chi connectivity index (χ4n) is 1.73. The molecule has 0 fully saturated rings. The number of amides is 1. The van der Waals surface area contributed by atoms with Crippen molar-refractivity contribution in [2.45, 2.75) is 13.0 Å². The van der Waals surface area contributed by atoms with Crippen LogP contribution in [0.1, 0.15) is 12.0 Å². The van der Waals surface area contributed by atoms with E-state index in [0.29, 0.717) is 18.3 Å². The second-order valence-electron chi connectivity index (χ2n) is 4.26. The number of carbonyl (C=O) groups excluding carboxylic acids is 1. The van der Waals surface area contributed by atoms with Crippen LogP contribution in [0.5, 0.6) is 0 Å². The quantitative estimate of drug-likeness (QED) is 0.796. The van der Waals surface area contributed by atoms with Crippen LogP contribution in [0.15, 0.2) is 48.7 Å². The molecular formula is C15H16BrN3O. The molecule has 4 nitrogen and oxygen atoms in total. The van der Waals surface area contributed by atoms with Gasteiger partial charge in [0.25, 0.3) is 0 Å². The molecule has 5 heteroatoms. The highest BCUT2D eigenvalue weighted by Crippen LogP contribution is 2.12. The summed E-state index contributed by atoms with van der Waals surface area (Å²) in [7, 11) is 0. The SMILES string of the molecule is O=C(CCBr)Nc1cccc(CNc2ccccn2)c1. The summed E-state index contributed by atoms with van der Waals surface area (Å²) in [6.45, 7) is 0.666. The Kier molecular flexibility index (Phi) is 5.55. The molecule has 0 spiro atoms. The molecule has 1 aromatic carbocycles. The summed E-state index contributed by atoms with van der Waals surface area (Å²) < 4.78 is 0. The van der Waals surface area contributed by atoms with Crippen molar-refractivity contribution < 1.29 is 4.79 Å². The summed E-state index contributed by atoms with van der Waals surface area (Å²) in [6.07, 6.45) is 2.22. The molecule has 0 aliphatic heterocycles. The Hall–Kier alpha value is -1.88. The molecule has 2 rings (SSSR count). The number of benzene rings is 1. The number of aromatic nitrogens is 1. The van der Waals surface area contributed by atoms with Gasteiger partial charge in [0.05, 0.1) is 0 Å². The summed E-state index contributed by atoms with van der Waals surface area (Å²) >= 11 is 3.25. The highest BCUT2D eigenvalue weighted by Gasteiger charge is 2.02. The Balaban J connectivity index is 1.94. The van der Waals surface area contributed by atoms with Crippen molar-refractivity contribution in [3.05, 3.63) is 54.2 Å². The molecule has 20 heavy (non-hydrogen) atoms. The molecule has 0 bridgehead atoms. The van der Waals surface area contributed by atoms with Gasteiger partial charge in [-0.15, -0.1) is 0 Å². The fourth-order valence-corrected chi connectivity index (χ4v) is 2.09. The van der Waals surface area contributed by atoms with Crippen molar-refractivity contribution in [3.8, 4) is 0 Å². The first kappa shape index (κ1) is 14.5. The van der Waals surface area contributed by atoms with Gasteiger partial charge in [-0.25, -0.2) is 4.98 Å². The van der Waals surface area contributed by atoms with Gasteiger partial charge in [0.2, 0.25) is 5.91 Å². The summed E-state index contributed by atoms with van der Waals surface area (Å²) in [6, 6.07) is 13.5. The molecule has 104 valence electrons. The third-order valence-corrected chi connectivity index (χ3v) is 3.07. The van der Waals surface area contributed by atoms with Crippen LogP contribution in [0, 0.1) is 0 Å². The zero-order valence-electron chi connectivity index (χ0n) is 11.0. The molecule has 0 saturated carbocycles. The number of carbonyl (C=O) groups is 1. The number of hydrogen-bond donors (Lipinski definition) is 2. The minimum absolute atomic E-state index is 0.0108. The van der Waals surface area contributed by atoms with Gasteiger partial charge in [-0.05, 0) is 29.8 Å². The molecule has 1 aromatic heterocycles. The minimum Gasteiger partial charge on any atom is -0.366 e. The van der Waals surface area contributed by atoms with Gasteiger partial charge >= 0.3 is 0 Å². The van der Waals surface area contributed by atoms with Gasteiger partial charge in [0.1, 0.15) is 5.82 Å². The average Bonchev–Trinajstić information content (AvgIpc) is 2.47. The van der Waals surface area contributed by atoms with E-state index in [1.807, 2.05) is 42.5 Å². The largest absolute Gasteiger partial charge is 0.366 e. The highest BCUT2D eigenvalue weighted by molar-refractivity contribution is 9.09. The Morgan fingerprint density at radius 2 is 2.10 bits per heavy atom. The van der Waals surface area contributed by atoms with Gasteiger partial charge in [0.15, 0.2) is 0 Å². The van der Waals surface area contributed by atoms with Crippen LogP contribution in [-0.2, 0) is 11.3 Å². The monoisotopic (exact) mass is 333 g/mol. The Morgan fingerprint density at radius 1 is 1.20 bits per heavy atom. The maximum Gasteiger partial charge on any atom is 0.225 e. The Bertz CT molecular complexity index is 560. The second-order valence-corrected chi connectivity index (χ2v) is 5.05. The number of alkyl halides is 1. The number of halogens is 1. The molecule has 0 aliphatic rings. The first-order valence-electron chi connectivity index (χ1n) is 6.37. The summed E-state index contributed by atoms with van der Waals surface area (Å²) in [5, 5.41) is 6.77. The third-order valence-electron chi connectivity index (χ3n) is 2.67. The molecular weight excluding hydrogens is 318 g/mol. The van der Waals surface area contributed by atoms with E-state index in [2.05, 4.69) is 31.5 Å². The number of nitrogens with zero attached hydrogens (tertiary/aromatic N) is 1. The first-order valence-corrected chi connectivity index (χ1v) is 7.50. The van der Waals surface area contributed by atoms with E-state index in [1.54, 1.807) is 6.20 Å². The topological polar surface area (TPSA) is 54.0 Å². The average molecular weight is 334 g/mol. The van der Waals surface area contributed by atoms with Gasteiger partial charge in [-0.2, -0.15) is 0 Å². The molecule has 0 unspecified atom stereocenters. The van der Waals surface area contributed by atoms with Gasteiger partial charge in [-0.3, -0.25) is 4.79 Å². The van der Waals surface area contributed by atoms with E-state index in [0.717, 1.165) is 17.1 Å². The number of nitrogens with one attached hydrogen (secondary N) is 2. The summed E-state index contributed by atoms with van der Waals surface area (Å²) in [5.41, 5.74) is 1.91. The van der Waals surface area contributed by atoms with E-state index in [9.17, 15) is 4.79 Å². The Morgan fingerprint density at radius 3 is 2.85 bits per heavy atom. The van der Waals surface area contributed by atoms with Crippen molar-refractivity contribution in [1.82, 2.24) is 4.98 Å². The molecule has 0 saturated heterocycles. The van der Waals surface area contributed by atoms with Crippen LogP contribution in [0.3, 0.4) is 0 Å². The van der Waals surface area contributed by atoms with Crippen LogP contribution >= 0.6 is 15.9 Å². The van der Waals surface area contributed by atoms with Gasteiger partial charge in [0, 0.05) is 30.2 Å². The number of hydrogen-bond acceptors (Lipinski definition) is 3. The lowest BCUT2D eigenvalue weighted by atomic mass is 10.2. The lowest BCUT2D eigenvalue weighted by Crippen LogP contribution is -2.12. The van der Waals surface area contributed by atoms with Crippen LogP contribution in [0.2, 0.25) is 0 Å². The van der Waals surface area contributed by atoms with Crippen LogP contribution in [0.4, 0.5) is 11.5 Å². The molecule has 0 radical (unpaired) electrons. The molecule has 0 atom stereocenters. The molecule has 0 aliphatic carbocycles. The lowest BCUT2D eigenvalue weighted by Gasteiger charge is -2.08. The molecule has 2 aromatic rings.